The molecular weight excluding hydrogens is 288 g/mol. The predicted molar refractivity (Wildman–Crippen MR) is 100 cm³/mol. The van der Waals surface area contributed by atoms with Crippen LogP contribution in [0.25, 0.3) is 0 Å². The third-order valence-corrected chi connectivity index (χ3v) is 5.69. The van der Waals surface area contributed by atoms with Gasteiger partial charge < -0.3 is 10.6 Å². The van der Waals surface area contributed by atoms with E-state index in [1.807, 2.05) is 12.1 Å². The van der Waals surface area contributed by atoms with E-state index < -0.39 is 0 Å². The largest absolute Gasteiger partial charge is 0.360 e. The van der Waals surface area contributed by atoms with E-state index in [0.717, 1.165) is 16.7 Å². The molecule has 0 atom stereocenters. The van der Waals surface area contributed by atoms with Crippen LogP contribution in [-0.4, -0.2) is 11.2 Å². The molecule has 0 amide bonds. The Morgan fingerprint density at radius 2 is 1.82 bits per heavy atom. The molecule has 0 spiro atoms. The molecule has 2 N–H and O–H groups in total. The predicted octanol–water partition coefficient (Wildman–Crippen LogP) is 5.28. The van der Waals surface area contributed by atoms with E-state index in [4.69, 9.17) is 12.2 Å². The van der Waals surface area contributed by atoms with Crippen molar-refractivity contribution in [3.63, 3.8) is 0 Å². The van der Waals surface area contributed by atoms with Gasteiger partial charge in [-0.2, -0.15) is 0 Å². The maximum absolute atomic E-state index is 5.48. The molecule has 1 aliphatic carbocycles. The van der Waals surface area contributed by atoms with Gasteiger partial charge >= 0.3 is 0 Å². The van der Waals surface area contributed by atoms with Gasteiger partial charge in [0.25, 0.3) is 0 Å². The molecule has 0 aliphatic heterocycles. The standard InChI is InChI=1S/C19H30N2S/c1-5-19(3,4)15-10-12-16(13-11-15)20-18(22)21-17-9-7-6-8-14(17)2/h6-9,15-16H,5,10-13H2,1-4H3,(H2,20,21,22). The van der Waals surface area contributed by atoms with E-state index in [9.17, 15) is 0 Å². The highest BCUT2D eigenvalue weighted by atomic mass is 32.1. The summed E-state index contributed by atoms with van der Waals surface area (Å²) < 4.78 is 0. The first kappa shape index (κ1) is 17.3. The van der Waals surface area contributed by atoms with Crippen LogP contribution in [0.1, 0.15) is 58.4 Å². The quantitative estimate of drug-likeness (QED) is 0.739. The smallest absolute Gasteiger partial charge is 0.171 e. The van der Waals surface area contributed by atoms with Crippen molar-refractivity contribution in [3.8, 4) is 0 Å². The molecule has 22 heavy (non-hydrogen) atoms. The van der Waals surface area contributed by atoms with Crippen molar-refractivity contribution in [3.05, 3.63) is 29.8 Å². The summed E-state index contributed by atoms with van der Waals surface area (Å²) in [6.45, 7) is 9.24. The summed E-state index contributed by atoms with van der Waals surface area (Å²) >= 11 is 5.48. The first-order valence-electron chi connectivity index (χ1n) is 8.55. The molecule has 1 aromatic rings. The van der Waals surface area contributed by atoms with Crippen LogP contribution in [0.4, 0.5) is 5.69 Å². The Morgan fingerprint density at radius 1 is 1.18 bits per heavy atom. The Bertz CT molecular complexity index is 502. The van der Waals surface area contributed by atoms with Gasteiger partial charge in [0.05, 0.1) is 0 Å². The average Bonchev–Trinajstić information content (AvgIpc) is 2.50. The molecule has 1 saturated carbocycles. The number of hydrogen-bond acceptors (Lipinski definition) is 1. The van der Waals surface area contributed by atoms with Gasteiger partial charge in [0.1, 0.15) is 0 Å². The molecule has 1 aliphatic rings. The Balaban J connectivity index is 1.81. The van der Waals surface area contributed by atoms with Gasteiger partial charge in [0.2, 0.25) is 0 Å². The second kappa shape index (κ2) is 7.45. The molecule has 1 fully saturated rings. The van der Waals surface area contributed by atoms with Crippen LogP contribution in [0, 0.1) is 18.3 Å². The van der Waals surface area contributed by atoms with Crippen LogP contribution in [0.3, 0.4) is 0 Å². The monoisotopic (exact) mass is 318 g/mol. The number of rotatable bonds is 4. The Kier molecular flexibility index (Phi) is 5.85. The zero-order valence-corrected chi connectivity index (χ0v) is 15.2. The summed E-state index contributed by atoms with van der Waals surface area (Å²) in [5, 5.41) is 7.59. The molecule has 0 aromatic heterocycles. The van der Waals surface area contributed by atoms with Crippen molar-refractivity contribution in [1.29, 1.82) is 0 Å². The first-order chi connectivity index (χ1) is 10.4. The lowest BCUT2D eigenvalue weighted by atomic mass is 9.69. The van der Waals surface area contributed by atoms with Gasteiger partial charge in [-0.15, -0.1) is 0 Å². The highest BCUT2D eigenvalue weighted by Crippen LogP contribution is 2.40. The lowest BCUT2D eigenvalue weighted by molar-refractivity contribution is 0.141. The van der Waals surface area contributed by atoms with E-state index in [1.165, 1.54) is 37.7 Å². The molecule has 0 unspecified atom stereocenters. The highest BCUT2D eigenvalue weighted by molar-refractivity contribution is 7.80. The van der Waals surface area contributed by atoms with Crippen LogP contribution in [0.15, 0.2) is 24.3 Å². The van der Waals surface area contributed by atoms with Crippen molar-refractivity contribution < 1.29 is 0 Å². The topological polar surface area (TPSA) is 24.1 Å². The minimum Gasteiger partial charge on any atom is -0.360 e. The molecule has 2 nitrogen and oxygen atoms in total. The number of aryl methyl sites for hydroxylation is 1. The molecule has 3 heteroatoms. The van der Waals surface area contributed by atoms with Crippen LogP contribution in [0.2, 0.25) is 0 Å². The average molecular weight is 319 g/mol. The molecule has 2 rings (SSSR count). The van der Waals surface area contributed by atoms with Crippen LogP contribution >= 0.6 is 12.2 Å². The Labute approximate surface area is 141 Å². The SMILES string of the molecule is CCC(C)(C)C1CCC(NC(=S)Nc2ccccc2C)CC1. The molecule has 0 bridgehead atoms. The molecule has 0 radical (unpaired) electrons. The van der Waals surface area contributed by atoms with Crippen LogP contribution in [-0.2, 0) is 0 Å². The fraction of sp³-hybridized carbons (Fsp3) is 0.632. The van der Waals surface area contributed by atoms with E-state index >= 15 is 0 Å². The third kappa shape index (κ3) is 4.45. The van der Waals surface area contributed by atoms with Gasteiger partial charge in [-0.3, -0.25) is 0 Å². The second-order valence-corrected chi connectivity index (χ2v) is 7.71. The summed E-state index contributed by atoms with van der Waals surface area (Å²) in [7, 11) is 0. The normalized spacial score (nSPS) is 22.2. The van der Waals surface area contributed by atoms with Crippen LogP contribution in [0.5, 0.6) is 0 Å². The minimum atomic E-state index is 0.477. The van der Waals surface area contributed by atoms with Gasteiger partial charge in [0.15, 0.2) is 5.11 Å². The number of para-hydroxylation sites is 1. The molecule has 0 saturated heterocycles. The van der Waals surface area contributed by atoms with Gasteiger partial charge in [-0.1, -0.05) is 45.4 Å². The van der Waals surface area contributed by atoms with Crippen molar-refractivity contribution in [2.75, 3.05) is 5.32 Å². The number of hydrogen-bond donors (Lipinski definition) is 2. The summed E-state index contributed by atoms with van der Waals surface area (Å²) in [4.78, 5) is 0. The lowest BCUT2D eigenvalue weighted by Crippen LogP contribution is -2.41. The fourth-order valence-corrected chi connectivity index (χ4v) is 3.64. The summed E-state index contributed by atoms with van der Waals surface area (Å²) in [6.07, 6.45) is 6.34. The molecule has 0 heterocycles. The summed E-state index contributed by atoms with van der Waals surface area (Å²) in [6, 6.07) is 8.78. The van der Waals surface area contributed by atoms with Crippen molar-refractivity contribution in [1.82, 2.24) is 5.32 Å². The van der Waals surface area contributed by atoms with Crippen molar-refractivity contribution >= 4 is 23.0 Å². The zero-order chi connectivity index (χ0) is 16.2. The van der Waals surface area contributed by atoms with E-state index in [2.05, 4.69) is 50.5 Å². The third-order valence-electron chi connectivity index (χ3n) is 5.47. The maximum atomic E-state index is 5.48. The summed E-state index contributed by atoms with van der Waals surface area (Å²) in [5.74, 6) is 0.855. The number of anilines is 1. The lowest BCUT2D eigenvalue weighted by Gasteiger charge is -2.39. The second-order valence-electron chi connectivity index (χ2n) is 7.30. The van der Waals surface area contributed by atoms with E-state index in [1.54, 1.807) is 0 Å². The maximum Gasteiger partial charge on any atom is 0.171 e. The zero-order valence-electron chi connectivity index (χ0n) is 14.4. The number of thiocarbonyl (C=S) groups is 1. The van der Waals surface area contributed by atoms with E-state index in [0.29, 0.717) is 11.5 Å². The van der Waals surface area contributed by atoms with Gasteiger partial charge in [-0.05, 0) is 67.8 Å². The number of benzene rings is 1. The molecular formula is C19H30N2S. The van der Waals surface area contributed by atoms with Gasteiger partial charge in [-0.25, -0.2) is 0 Å². The van der Waals surface area contributed by atoms with Crippen molar-refractivity contribution in [2.24, 2.45) is 11.3 Å². The van der Waals surface area contributed by atoms with Crippen molar-refractivity contribution in [2.45, 2.75) is 65.8 Å². The minimum absolute atomic E-state index is 0.477. The van der Waals surface area contributed by atoms with Gasteiger partial charge in [0, 0.05) is 11.7 Å². The fourth-order valence-electron chi connectivity index (χ4n) is 3.36. The molecule has 122 valence electrons. The first-order valence-corrected chi connectivity index (χ1v) is 8.96. The van der Waals surface area contributed by atoms with E-state index in [-0.39, 0.29) is 0 Å². The molecule has 1 aromatic carbocycles. The summed E-state index contributed by atoms with van der Waals surface area (Å²) in [5.41, 5.74) is 2.80. The number of nitrogens with one attached hydrogen (secondary N) is 2. The highest BCUT2D eigenvalue weighted by Gasteiger charge is 2.31. The Hall–Kier alpha value is -1.09. The van der Waals surface area contributed by atoms with Crippen LogP contribution < -0.4 is 10.6 Å². The Morgan fingerprint density at radius 3 is 2.41 bits per heavy atom.